The first-order valence-corrected chi connectivity index (χ1v) is 7.00. The Kier molecular flexibility index (Phi) is 6.30. The Morgan fingerprint density at radius 2 is 1.95 bits per heavy atom. The van der Waals surface area contributed by atoms with E-state index in [0.717, 1.165) is 5.56 Å². The molecule has 0 saturated carbocycles. The number of carbonyl (C=O) groups is 1. The van der Waals surface area contributed by atoms with Crippen molar-refractivity contribution >= 4 is 6.09 Å². The number of carbonyl (C=O) groups excluding carboxylic acids is 1. The van der Waals surface area contributed by atoms with Crippen LogP contribution in [0.15, 0.2) is 30.3 Å². The zero-order valence-electron chi connectivity index (χ0n) is 13.0. The van der Waals surface area contributed by atoms with Gasteiger partial charge in [0.1, 0.15) is 11.7 Å². The van der Waals surface area contributed by atoms with E-state index in [2.05, 4.69) is 5.32 Å². The van der Waals surface area contributed by atoms with Crippen LogP contribution in [-0.2, 0) is 11.2 Å². The number of ether oxygens (including phenoxy) is 1. The zero-order chi connectivity index (χ0) is 16.8. The highest BCUT2D eigenvalue weighted by molar-refractivity contribution is 5.68. The number of nitrogens with zero attached hydrogens (tertiary/aromatic N) is 1. The summed E-state index contributed by atoms with van der Waals surface area (Å²) in [5.74, 6) is 0. The van der Waals surface area contributed by atoms with E-state index < -0.39 is 35.3 Å². The van der Waals surface area contributed by atoms with Gasteiger partial charge >= 0.3 is 6.09 Å². The average Bonchev–Trinajstić information content (AvgIpc) is 2.36. The van der Waals surface area contributed by atoms with Crippen LogP contribution in [0.3, 0.4) is 0 Å². The van der Waals surface area contributed by atoms with E-state index in [9.17, 15) is 20.0 Å². The molecule has 0 aliphatic rings. The summed E-state index contributed by atoms with van der Waals surface area (Å²) in [6, 6.07) is 8.32. The quantitative estimate of drug-likeness (QED) is 0.616. The predicted molar refractivity (Wildman–Crippen MR) is 81.2 cm³/mol. The molecule has 122 valence electrons. The van der Waals surface area contributed by atoms with Gasteiger partial charge in [0.25, 0.3) is 0 Å². The number of nitrogens with one attached hydrogen (secondary N) is 1. The molecule has 1 aromatic carbocycles. The lowest BCUT2D eigenvalue weighted by atomic mass is 10.0. The predicted octanol–water partition coefficient (Wildman–Crippen LogP) is 1.76. The highest BCUT2D eigenvalue weighted by atomic mass is 16.6. The lowest BCUT2D eigenvalue weighted by molar-refractivity contribution is -0.491. The normalized spacial score (nSPS) is 14.0. The van der Waals surface area contributed by atoms with Crippen LogP contribution in [0.4, 0.5) is 4.79 Å². The minimum absolute atomic E-state index is 0.273. The van der Waals surface area contributed by atoms with Crippen LogP contribution in [0, 0.1) is 10.1 Å². The Labute approximate surface area is 129 Å². The summed E-state index contributed by atoms with van der Waals surface area (Å²) in [5, 5.41) is 23.1. The summed E-state index contributed by atoms with van der Waals surface area (Å²) in [7, 11) is 0. The van der Waals surface area contributed by atoms with Crippen molar-refractivity contribution in [3.63, 3.8) is 0 Å². The topological polar surface area (TPSA) is 102 Å². The van der Waals surface area contributed by atoms with Gasteiger partial charge in [0.15, 0.2) is 0 Å². The summed E-state index contributed by atoms with van der Waals surface area (Å²) >= 11 is 0. The van der Waals surface area contributed by atoms with Gasteiger partial charge in [-0.2, -0.15) is 0 Å². The van der Waals surface area contributed by atoms with Crippen molar-refractivity contribution in [3.8, 4) is 0 Å². The van der Waals surface area contributed by atoms with Crippen LogP contribution < -0.4 is 5.32 Å². The molecule has 0 fully saturated rings. The number of amides is 1. The summed E-state index contributed by atoms with van der Waals surface area (Å²) < 4.78 is 5.13. The molecule has 1 amide bonds. The summed E-state index contributed by atoms with van der Waals surface area (Å²) in [6.45, 7) is 4.50. The van der Waals surface area contributed by atoms with Crippen molar-refractivity contribution in [1.82, 2.24) is 5.32 Å². The Hall–Kier alpha value is -2.15. The SMILES string of the molecule is CC(C)(C)OC(=O)NC(Cc1ccccc1)[C@@H](O)C[N+](=O)[O-]. The van der Waals surface area contributed by atoms with Crippen LogP contribution in [0.5, 0.6) is 0 Å². The van der Waals surface area contributed by atoms with Crippen molar-refractivity contribution in [2.75, 3.05) is 6.54 Å². The van der Waals surface area contributed by atoms with Crippen LogP contribution in [0.1, 0.15) is 26.3 Å². The van der Waals surface area contributed by atoms with Crippen LogP contribution in [0.2, 0.25) is 0 Å². The molecule has 2 atom stereocenters. The first-order chi connectivity index (χ1) is 10.2. The molecule has 2 N–H and O–H groups in total. The van der Waals surface area contributed by atoms with Gasteiger partial charge in [-0.05, 0) is 32.8 Å². The molecule has 7 nitrogen and oxygen atoms in total. The lowest BCUT2D eigenvalue weighted by Crippen LogP contribution is -2.49. The van der Waals surface area contributed by atoms with Gasteiger partial charge in [0.2, 0.25) is 6.54 Å². The van der Waals surface area contributed by atoms with Gasteiger partial charge < -0.3 is 15.2 Å². The molecule has 0 spiro atoms. The van der Waals surface area contributed by atoms with E-state index >= 15 is 0 Å². The Morgan fingerprint density at radius 3 is 2.45 bits per heavy atom. The maximum Gasteiger partial charge on any atom is 0.407 e. The molecule has 0 saturated heterocycles. The van der Waals surface area contributed by atoms with Crippen LogP contribution in [0.25, 0.3) is 0 Å². The number of aliphatic hydroxyl groups excluding tert-OH is 1. The second-order valence-corrected chi connectivity index (χ2v) is 6.03. The molecule has 22 heavy (non-hydrogen) atoms. The molecular weight excluding hydrogens is 288 g/mol. The van der Waals surface area contributed by atoms with E-state index in [4.69, 9.17) is 4.74 Å². The number of hydrogen-bond donors (Lipinski definition) is 2. The fourth-order valence-electron chi connectivity index (χ4n) is 1.89. The molecule has 0 aliphatic carbocycles. The Morgan fingerprint density at radius 1 is 1.36 bits per heavy atom. The third-order valence-corrected chi connectivity index (χ3v) is 2.80. The van der Waals surface area contributed by atoms with E-state index in [0.29, 0.717) is 0 Å². The van der Waals surface area contributed by atoms with Crippen molar-refractivity contribution < 1.29 is 19.6 Å². The second-order valence-electron chi connectivity index (χ2n) is 6.03. The van der Waals surface area contributed by atoms with E-state index in [1.165, 1.54) is 0 Å². The summed E-state index contributed by atoms with van der Waals surface area (Å²) in [6.07, 6.45) is -1.74. The third kappa shape index (κ3) is 7.03. The van der Waals surface area contributed by atoms with Crippen LogP contribution in [-0.4, -0.2) is 40.4 Å². The lowest BCUT2D eigenvalue weighted by Gasteiger charge is -2.25. The molecule has 0 radical (unpaired) electrons. The molecule has 0 aliphatic heterocycles. The van der Waals surface area contributed by atoms with Crippen molar-refractivity contribution in [2.24, 2.45) is 0 Å². The van der Waals surface area contributed by atoms with Crippen molar-refractivity contribution in [3.05, 3.63) is 46.0 Å². The molecule has 0 heterocycles. The fourth-order valence-corrected chi connectivity index (χ4v) is 1.89. The third-order valence-electron chi connectivity index (χ3n) is 2.80. The Bertz CT molecular complexity index is 498. The number of hydrogen-bond acceptors (Lipinski definition) is 5. The molecule has 7 heteroatoms. The fraction of sp³-hybridized carbons (Fsp3) is 0.533. The molecule has 0 bridgehead atoms. The number of benzene rings is 1. The monoisotopic (exact) mass is 310 g/mol. The highest BCUT2D eigenvalue weighted by Crippen LogP contribution is 2.10. The smallest absolute Gasteiger partial charge is 0.407 e. The van der Waals surface area contributed by atoms with Gasteiger partial charge in [0, 0.05) is 4.92 Å². The van der Waals surface area contributed by atoms with E-state index in [1.54, 1.807) is 20.8 Å². The standard InChI is InChI=1S/C15H22N2O5/c1-15(2,3)22-14(19)16-12(13(18)10-17(20)21)9-11-7-5-4-6-8-11/h4-8,12-13,18H,9-10H2,1-3H3,(H,16,19)/t12?,13-/m0/s1. The van der Waals surface area contributed by atoms with Gasteiger partial charge in [-0.3, -0.25) is 10.1 Å². The van der Waals surface area contributed by atoms with Gasteiger partial charge in [-0.25, -0.2) is 4.79 Å². The van der Waals surface area contributed by atoms with Gasteiger partial charge in [-0.1, -0.05) is 30.3 Å². The summed E-state index contributed by atoms with van der Waals surface area (Å²) in [4.78, 5) is 21.8. The Balaban J connectivity index is 2.77. The molecule has 1 aromatic rings. The molecular formula is C15H22N2O5. The second kappa shape index (κ2) is 7.74. The van der Waals surface area contributed by atoms with Crippen LogP contribution >= 0.6 is 0 Å². The first-order valence-electron chi connectivity index (χ1n) is 7.00. The number of rotatable bonds is 6. The molecule has 1 unspecified atom stereocenters. The van der Waals surface area contributed by atoms with Gasteiger partial charge in [-0.15, -0.1) is 0 Å². The number of nitro groups is 1. The molecule has 0 aromatic heterocycles. The minimum Gasteiger partial charge on any atom is -0.444 e. The van der Waals surface area contributed by atoms with Crippen molar-refractivity contribution in [2.45, 2.75) is 44.9 Å². The largest absolute Gasteiger partial charge is 0.444 e. The summed E-state index contributed by atoms with van der Waals surface area (Å²) in [5.41, 5.74) is 0.168. The molecule has 1 rings (SSSR count). The van der Waals surface area contributed by atoms with E-state index in [-0.39, 0.29) is 6.42 Å². The first kappa shape index (κ1) is 17.9. The zero-order valence-corrected chi connectivity index (χ0v) is 13.0. The van der Waals surface area contributed by atoms with Gasteiger partial charge in [0.05, 0.1) is 6.04 Å². The number of alkyl carbamates (subject to hydrolysis) is 1. The maximum atomic E-state index is 11.8. The van der Waals surface area contributed by atoms with E-state index in [1.807, 2.05) is 30.3 Å². The highest BCUT2D eigenvalue weighted by Gasteiger charge is 2.27. The average molecular weight is 310 g/mol. The van der Waals surface area contributed by atoms with Crippen molar-refractivity contribution in [1.29, 1.82) is 0 Å². The minimum atomic E-state index is -1.30. The number of aliphatic hydroxyl groups is 1. The maximum absolute atomic E-state index is 11.8.